The minimum atomic E-state index is -0.276. The Hall–Kier alpha value is -12.7. The molecular formula is C61H36N16O4. The van der Waals surface area contributed by atoms with E-state index in [2.05, 4.69) is 60.3 Å². The molecule has 0 amide bonds. The third-order valence-electron chi connectivity index (χ3n) is 12.1. The van der Waals surface area contributed by atoms with Crippen molar-refractivity contribution in [2.75, 3.05) is 0 Å². The second-order valence-corrected chi connectivity index (χ2v) is 17.7. The summed E-state index contributed by atoms with van der Waals surface area (Å²) in [4.78, 5) is 13.7. The van der Waals surface area contributed by atoms with Crippen LogP contribution in [0, 0.1) is 71.6 Å². The van der Waals surface area contributed by atoms with E-state index in [-0.39, 0.29) is 155 Å². The summed E-state index contributed by atoms with van der Waals surface area (Å²) in [6.45, 7) is 31.7. The number of hydrogen-bond donors (Lipinski definition) is 4. The Morgan fingerprint density at radius 2 is 0.580 bits per heavy atom. The molecule has 0 aliphatic heterocycles. The minimum Gasteiger partial charge on any atom is -0.508 e. The maximum Gasteiger partial charge on any atom is 0.190 e. The van der Waals surface area contributed by atoms with E-state index in [0.29, 0.717) is 23.2 Å². The van der Waals surface area contributed by atoms with Crippen LogP contribution in [-0.2, 0) is 25.7 Å². The van der Waals surface area contributed by atoms with Crippen LogP contribution in [0.1, 0.15) is 68.1 Å². The molecule has 20 heteroatoms. The lowest BCUT2D eigenvalue weighted by molar-refractivity contribution is 0.453. The second-order valence-electron chi connectivity index (χ2n) is 17.7. The summed E-state index contributed by atoms with van der Waals surface area (Å²) < 4.78 is 0. The maximum absolute atomic E-state index is 12.3. The van der Waals surface area contributed by atoms with E-state index in [4.69, 9.17) is 26.3 Å². The number of hydrogen-bond acceptors (Lipinski definition) is 16. The molecule has 8 aromatic carbocycles. The van der Waals surface area contributed by atoms with Crippen LogP contribution in [0.4, 0.5) is 68.2 Å². The van der Waals surface area contributed by atoms with E-state index in [0.717, 1.165) is 0 Å². The Morgan fingerprint density at radius 3 is 0.864 bits per heavy atom. The predicted octanol–water partition coefficient (Wildman–Crippen LogP) is 17.2. The van der Waals surface area contributed by atoms with Crippen LogP contribution in [0.25, 0.3) is 19.4 Å². The van der Waals surface area contributed by atoms with Crippen LogP contribution in [0.5, 0.6) is 23.0 Å². The molecule has 0 aliphatic carbocycles. The summed E-state index contributed by atoms with van der Waals surface area (Å²) in [6, 6.07) is 39.0. The monoisotopic (exact) mass is 1060 g/mol. The molecule has 8 rings (SSSR count). The zero-order chi connectivity index (χ0) is 57.6. The van der Waals surface area contributed by atoms with E-state index < -0.39 is 0 Å². The Bertz CT molecular complexity index is 4240. The van der Waals surface area contributed by atoms with Crippen LogP contribution in [0.15, 0.2) is 168 Å². The first-order valence-electron chi connectivity index (χ1n) is 24.0. The van der Waals surface area contributed by atoms with Crippen molar-refractivity contribution >= 4 is 68.2 Å². The van der Waals surface area contributed by atoms with Gasteiger partial charge >= 0.3 is 0 Å². The lowest BCUT2D eigenvalue weighted by Crippen LogP contribution is -1.99. The van der Waals surface area contributed by atoms with Gasteiger partial charge in [0.2, 0.25) is 0 Å². The van der Waals surface area contributed by atoms with Crippen molar-refractivity contribution in [3.63, 3.8) is 0 Å². The molecule has 0 atom stereocenters. The number of rotatable bonds is 15. The summed E-state index contributed by atoms with van der Waals surface area (Å²) in [5.41, 5.74) is 5.16. The van der Waals surface area contributed by atoms with E-state index in [1.54, 1.807) is 12.1 Å². The van der Waals surface area contributed by atoms with Crippen molar-refractivity contribution < 1.29 is 20.4 Å². The van der Waals surface area contributed by atoms with Gasteiger partial charge in [0, 0.05) is 74.9 Å². The van der Waals surface area contributed by atoms with Crippen molar-refractivity contribution in [2.45, 2.75) is 32.6 Å². The van der Waals surface area contributed by atoms with Crippen molar-refractivity contribution in [1.82, 2.24) is 0 Å². The fourth-order valence-electron chi connectivity index (χ4n) is 8.32. The van der Waals surface area contributed by atoms with Gasteiger partial charge in [-0.05, 0) is 139 Å². The minimum absolute atomic E-state index is 0.0911. The quantitative estimate of drug-likeness (QED) is 0.0564. The van der Waals surface area contributed by atoms with E-state index in [1.165, 1.54) is 115 Å². The van der Waals surface area contributed by atoms with Crippen molar-refractivity contribution in [3.05, 3.63) is 234 Å². The summed E-state index contributed by atoms with van der Waals surface area (Å²) in [5, 5.41) is 120. The zero-order valence-electron chi connectivity index (χ0n) is 42.4. The van der Waals surface area contributed by atoms with Gasteiger partial charge in [0.25, 0.3) is 0 Å². The molecule has 4 N–H and O–H groups in total. The lowest BCUT2D eigenvalue weighted by atomic mass is 9.93. The molecule has 384 valence electrons. The molecule has 8 aromatic rings. The van der Waals surface area contributed by atoms with Gasteiger partial charge in [-0.2, -0.15) is 62.0 Å². The first kappa shape index (κ1) is 54.5. The molecule has 0 saturated heterocycles. The topological polar surface area (TPSA) is 292 Å². The highest BCUT2D eigenvalue weighted by atomic mass is 16.3. The number of phenolic OH excluding ortho intramolecular Hbond substituents is 4. The molecule has 0 radical (unpaired) electrons. The Balaban J connectivity index is 1.24. The Kier molecular flexibility index (Phi) is 16.7. The molecule has 81 heavy (non-hydrogen) atoms. The normalized spacial score (nSPS) is 10.9. The standard InChI is InChI=1S/C61H36N16O4/c1-6-39-20-55(75-72-52-14-36(32-63)10-48(28-52)67-3)23-42(59(39)79)18-43-24-57(77-74-54-16-38(34-65)12-50(30-54)69-5)26-45(61(43)81)19-44-25-56(76-73-53-15-37(33-64)11-49(29-53)68-4)22-41(60(44)80)17-40-21-46(7-8-58(40)78)70-71-51-13-35(31-62)9-47(27-51)66-2/h7-16,20-30,78-81H,6,17-19H2,1H3. The van der Waals surface area contributed by atoms with Gasteiger partial charge in [0.1, 0.15) is 23.0 Å². The number of nitriles is 4. The summed E-state index contributed by atoms with van der Waals surface area (Å²) in [5.74, 6) is -0.808. The molecule has 0 spiro atoms. The van der Waals surface area contributed by atoms with Gasteiger partial charge in [0.05, 0.1) is 96.1 Å². The van der Waals surface area contributed by atoms with E-state index in [1.807, 2.05) is 31.2 Å². The lowest BCUT2D eigenvalue weighted by Gasteiger charge is -2.16. The zero-order valence-corrected chi connectivity index (χ0v) is 42.4. The first-order chi connectivity index (χ1) is 39.2. The van der Waals surface area contributed by atoms with Crippen molar-refractivity contribution in [2.24, 2.45) is 40.9 Å². The Labute approximate surface area is 463 Å². The largest absolute Gasteiger partial charge is 0.508 e. The summed E-state index contributed by atoms with van der Waals surface area (Å²) >= 11 is 0. The van der Waals surface area contributed by atoms with E-state index in [9.17, 15) is 41.5 Å². The summed E-state index contributed by atoms with van der Waals surface area (Å²) in [7, 11) is 0. The highest BCUT2D eigenvalue weighted by Gasteiger charge is 2.20. The van der Waals surface area contributed by atoms with Crippen molar-refractivity contribution in [3.8, 4) is 47.3 Å². The van der Waals surface area contributed by atoms with Crippen LogP contribution < -0.4 is 0 Å². The van der Waals surface area contributed by atoms with Gasteiger partial charge in [-0.3, -0.25) is 0 Å². The highest BCUT2D eigenvalue weighted by molar-refractivity contribution is 5.66. The number of aryl methyl sites for hydroxylation is 1. The SMILES string of the molecule is [C-]#[N+]c1cc(C#N)cc(N=Nc2ccc(O)c(Cc3cc(N=Nc4cc(C#N)cc([N+]#[C-])c4)cc(Cc4cc(N=Nc5cc(C#N)cc([N+]#[C-])c5)cc(Cc5cc(N=Nc6cc(C#N)cc([N+]#[C-])c6)cc(CC)c5O)c4O)c3O)c2)c1. The van der Waals surface area contributed by atoms with Crippen LogP contribution in [-0.4, -0.2) is 20.4 Å². The predicted molar refractivity (Wildman–Crippen MR) is 297 cm³/mol. The number of phenols is 4. The van der Waals surface area contributed by atoms with Crippen LogP contribution >= 0.6 is 0 Å². The molecule has 0 heterocycles. The van der Waals surface area contributed by atoms with Gasteiger partial charge in [-0.1, -0.05) is 6.92 Å². The highest BCUT2D eigenvalue weighted by Crippen LogP contribution is 2.41. The molecule has 0 aromatic heterocycles. The molecule has 0 aliphatic rings. The Morgan fingerprint density at radius 1 is 0.333 bits per heavy atom. The molecule has 0 saturated carbocycles. The third-order valence-corrected chi connectivity index (χ3v) is 12.1. The number of aromatic hydroxyl groups is 4. The van der Waals surface area contributed by atoms with Crippen molar-refractivity contribution in [1.29, 1.82) is 21.0 Å². The fraction of sp³-hybridized carbons (Fsp3) is 0.0820. The second kappa shape index (κ2) is 24.7. The molecule has 0 fully saturated rings. The van der Waals surface area contributed by atoms with E-state index >= 15 is 0 Å². The maximum atomic E-state index is 12.3. The average Bonchev–Trinajstić information content (AvgIpc) is 3.49. The number of azo groups is 4. The first-order valence-corrected chi connectivity index (χ1v) is 24.0. The molecule has 0 bridgehead atoms. The summed E-state index contributed by atoms with van der Waals surface area (Å²) in [6.07, 6.45) is -0.112. The fourth-order valence-corrected chi connectivity index (χ4v) is 8.32. The average molecular weight is 1060 g/mol. The third kappa shape index (κ3) is 13.4. The molecule has 0 unspecified atom stereocenters. The van der Waals surface area contributed by atoms with Gasteiger partial charge in [0.15, 0.2) is 22.7 Å². The number of benzene rings is 8. The smallest absolute Gasteiger partial charge is 0.190 e. The van der Waals surface area contributed by atoms with Crippen LogP contribution in [0.2, 0.25) is 0 Å². The molecular weight excluding hydrogens is 1020 g/mol. The van der Waals surface area contributed by atoms with Crippen LogP contribution in [0.3, 0.4) is 0 Å². The van der Waals surface area contributed by atoms with Gasteiger partial charge in [-0.15, -0.1) is 0 Å². The molecule has 20 nitrogen and oxygen atoms in total. The van der Waals surface area contributed by atoms with Gasteiger partial charge < -0.3 is 20.4 Å². The number of nitrogens with zero attached hydrogens (tertiary/aromatic N) is 16. The van der Waals surface area contributed by atoms with Gasteiger partial charge in [-0.25, -0.2) is 19.4 Å².